The molecule has 1 aliphatic rings. The third-order valence-electron chi connectivity index (χ3n) is 5.31. The van der Waals surface area contributed by atoms with Crippen LogP contribution < -0.4 is 4.74 Å². The number of ether oxygens (including phenoxy) is 1. The number of likely N-dealkylation sites (N-methyl/N-ethyl adjacent to an activating group) is 1. The van der Waals surface area contributed by atoms with Crippen LogP contribution in [0.25, 0.3) is 0 Å². The van der Waals surface area contributed by atoms with E-state index in [2.05, 4.69) is 0 Å². The highest BCUT2D eigenvalue weighted by Gasteiger charge is 2.50. The largest absolute Gasteiger partial charge is 0.444 e. The van der Waals surface area contributed by atoms with Gasteiger partial charge in [-0.15, -0.1) is 0 Å². The molecule has 2 unspecified atom stereocenters. The van der Waals surface area contributed by atoms with Crippen molar-refractivity contribution in [3.8, 4) is 5.75 Å². The number of hydrogen-bond acceptors (Lipinski definition) is 4. The maximum atomic E-state index is 13.3. The van der Waals surface area contributed by atoms with Crippen LogP contribution in [0.15, 0.2) is 60.7 Å². The molecule has 1 heterocycles. The minimum Gasteiger partial charge on any atom is -0.444 e. The lowest BCUT2D eigenvalue weighted by Crippen LogP contribution is -2.66. The van der Waals surface area contributed by atoms with Gasteiger partial charge >= 0.3 is 5.91 Å². The zero-order chi connectivity index (χ0) is 19.3. The van der Waals surface area contributed by atoms with Crippen LogP contribution in [-0.4, -0.2) is 40.4 Å². The highest BCUT2D eigenvalue weighted by Crippen LogP contribution is 2.29. The fourth-order valence-electron chi connectivity index (χ4n) is 3.81. The van der Waals surface area contributed by atoms with E-state index in [9.17, 15) is 9.59 Å². The lowest BCUT2D eigenvalue weighted by atomic mass is 9.96. The Labute approximate surface area is 165 Å². The van der Waals surface area contributed by atoms with Gasteiger partial charge in [-0.2, -0.15) is 0 Å². The van der Waals surface area contributed by atoms with Gasteiger partial charge < -0.3 is 4.74 Å². The number of amides is 1. The van der Waals surface area contributed by atoms with Crippen LogP contribution in [0.4, 0.5) is 0 Å². The molecule has 1 saturated heterocycles. The molecule has 2 aromatic carbocycles. The maximum Gasteiger partial charge on any atom is 0.387 e. The fourth-order valence-corrected chi connectivity index (χ4v) is 4.22. The van der Waals surface area contributed by atoms with Gasteiger partial charge in [-0.1, -0.05) is 48.5 Å². The SMILES string of the molecule is CC[N+]1(C(=O)C(=O)c2ccccc2)CCCCC1C(=S)Oc1ccccc1. The van der Waals surface area contributed by atoms with Crippen molar-refractivity contribution < 1.29 is 18.8 Å². The molecular weight excluding hydrogens is 358 g/mol. The number of benzene rings is 2. The highest BCUT2D eigenvalue weighted by atomic mass is 32.1. The molecule has 27 heavy (non-hydrogen) atoms. The molecule has 2 aromatic rings. The number of Topliss-reactive ketones (excluding diaryl/α,β-unsaturated/α-hetero) is 1. The van der Waals surface area contributed by atoms with E-state index < -0.39 is 11.7 Å². The van der Waals surface area contributed by atoms with Crippen LogP contribution in [-0.2, 0) is 4.79 Å². The minimum absolute atomic E-state index is 0.0411. The van der Waals surface area contributed by atoms with Crippen LogP contribution >= 0.6 is 12.2 Å². The second kappa shape index (κ2) is 8.55. The first-order valence-corrected chi connectivity index (χ1v) is 9.77. The molecule has 0 N–H and O–H groups in total. The zero-order valence-electron chi connectivity index (χ0n) is 15.5. The molecule has 1 aliphatic heterocycles. The number of thiocarbonyl (C=S) groups is 1. The number of piperidine rings is 1. The van der Waals surface area contributed by atoms with Crippen molar-refractivity contribution in [1.29, 1.82) is 0 Å². The van der Waals surface area contributed by atoms with E-state index in [1.54, 1.807) is 24.3 Å². The Balaban J connectivity index is 1.89. The summed E-state index contributed by atoms with van der Waals surface area (Å²) in [4.78, 5) is 26.2. The summed E-state index contributed by atoms with van der Waals surface area (Å²) in [5.74, 6) is -0.191. The Bertz CT molecular complexity index is 822. The van der Waals surface area contributed by atoms with E-state index in [4.69, 9.17) is 17.0 Å². The predicted octanol–water partition coefficient (Wildman–Crippen LogP) is 4.19. The molecule has 3 rings (SSSR count). The Morgan fingerprint density at radius 1 is 1.04 bits per heavy atom. The van der Waals surface area contributed by atoms with E-state index >= 15 is 0 Å². The Morgan fingerprint density at radius 3 is 2.30 bits per heavy atom. The van der Waals surface area contributed by atoms with Gasteiger partial charge in [0.1, 0.15) is 5.75 Å². The molecular formula is C22H24NO3S+. The number of ketones is 1. The molecule has 0 aromatic heterocycles. The summed E-state index contributed by atoms with van der Waals surface area (Å²) >= 11 is 5.59. The monoisotopic (exact) mass is 382 g/mol. The van der Waals surface area contributed by atoms with Crippen molar-refractivity contribution in [2.75, 3.05) is 13.1 Å². The van der Waals surface area contributed by atoms with Crippen LogP contribution in [0.2, 0.25) is 0 Å². The van der Waals surface area contributed by atoms with Crippen molar-refractivity contribution >= 4 is 29.0 Å². The van der Waals surface area contributed by atoms with E-state index in [1.165, 1.54) is 0 Å². The number of rotatable bonds is 5. The molecule has 0 spiro atoms. The summed E-state index contributed by atoms with van der Waals surface area (Å²) in [6.07, 6.45) is 2.61. The van der Waals surface area contributed by atoms with Crippen molar-refractivity contribution in [2.24, 2.45) is 0 Å². The molecule has 0 radical (unpaired) electrons. The fraction of sp³-hybridized carbons (Fsp3) is 0.318. The van der Waals surface area contributed by atoms with Gasteiger partial charge in [-0.25, -0.2) is 9.28 Å². The highest BCUT2D eigenvalue weighted by molar-refractivity contribution is 7.80. The van der Waals surface area contributed by atoms with E-state index in [0.717, 1.165) is 19.3 Å². The van der Waals surface area contributed by atoms with Crippen molar-refractivity contribution in [2.45, 2.75) is 32.2 Å². The van der Waals surface area contributed by atoms with Gasteiger partial charge in [-0.3, -0.25) is 4.79 Å². The van der Waals surface area contributed by atoms with Crippen molar-refractivity contribution in [3.63, 3.8) is 0 Å². The van der Waals surface area contributed by atoms with Gasteiger partial charge in [0.05, 0.1) is 13.1 Å². The normalized spacial score (nSPS) is 22.0. The molecule has 0 saturated carbocycles. The summed E-state index contributed by atoms with van der Waals surface area (Å²) < 4.78 is 5.94. The predicted molar refractivity (Wildman–Crippen MR) is 109 cm³/mol. The summed E-state index contributed by atoms with van der Waals surface area (Å²) in [5.41, 5.74) is 0.424. The molecule has 140 valence electrons. The smallest absolute Gasteiger partial charge is 0.387 e. The second-order valence-corrected chi connectivity index (χ2v) is 7.22. The minimum atomic E-state index is -0.452. The summed E-state index contributed by atoms with van der Waals surface area (Å²) in [6, 6.07) is 17.8. The average Bonchev–Trinajstić information content (AvgIpc) is 2.73. The first-order valence-electron chi connectivity index (χ1n) is 9.36. The number of carbonyl (C=O) groups is 2. The van der Waals surface area contributed by atoms with Crippen molar-refractivity contribution in [3.05, 3.63) is 66.2 Å². The molecule has 2 atom stereocenters. The number of para-hydroxylation sites is 1. The maximum absolute atomic E-state index is 13.3. The van der Waals surface area contributed by atoms with E-state index in [0.29, 0.717) is 29.5 Å². The molecule has 0 bridgehead atoms. The second-order valence-electron chi connectivity index (χ2n) is 6.82. The van der Waals surface area contributed by atoms with Crippen LogP contribution in [0.5, 0.6) is 5.75 Å². The zero-order valence-corrected chi connectivity index (χ0v) is 16.3. The van der Waals surface area contributed by atoms with Crippen LogP contribution in [0.1, 0.15) is 36.5 Å². The quantitative estimate of drug-likeness (QED) is 0.337. The number of hydrogen-bond donors (Lipinski definition) is 0. The third kappa shape index (κ3) is 3.99. The summed E-state index contributed by atoms with van der Waals surface area (Å²) in [5, 5.41) is 0.386. The number of nitrogens with zero attached hydrogens (tertiary/aromatic N) is 1. The van der Waals surface area contributed by atoms with Gasteiger partial charge in [0.2, 0.25) is 5.05 Å². The van der Waals surface area contributed by atoms with Gasteiger partial charge in [-0.05, 0) is 44.1 Å². The molecule has 1 fully saturated rings. The first-order chi connectivity index (χ1) is 13.1. The number of carbonyl (C=O) groups excluding carboxylic acids is 2. The Hall–Kier alpha value is -2.37. The number of quaternary nitrogens is 1. The van der Waals surface area contributed by atoms with E-state index in [-0.39, 0.29) is 10.5 Å². The Kier molecular flexibility index (Phi) is 6.14. The van der Waals surface area contributed by atoms with Gasteiger partial charge in [0.25, 0.3) is 5.78 Å². The van der Waals surface area contributed by atoms with Crippen molar-refractivity contribution in [1.82, 2.24) is 0 Å². The molecule has 4 nitrogen and oxygen atoms in total. The van der Waals surface area contributed by atoms with Gasteiger partial charge in [0.15, 0.2) is 6.04 Å². The molecule has 5 heteroatoms. The summed E-state index contributed by atoms with van der Waals surface area (Å²) in [7, 11) is 0. The lowest BCUT2D eigenvalue weighted by Gasteiger charge is -2.43. The molecule has 1 amide bonds. The standard InChI is InChI=1S/C22H24NO3S/c1-2-23(21(25)20(24)17-11-5-3-6-12-17)16-10-9-15-19(23)22(27)26-18-13-7-4-8-14-18/h3-8,11-14,19H,2,9-10,15-16H2,1H3/q+1. The average molecular weight is 383 g/mol. The molecule has 0 aliphatic carbocycles. The first kappa shape index (κ1) is 19.4. The van der Waals surface area contributed by atoms with Crippen LogP contribution in [0.3, 0.4) is 0 Å². The third-order valence-corrected chi connectivity index (χ3v) is 5.67. The van der Waals surface area contributed by atoms with Gasteiger partial charge in [0, 0.05) is 12.0 Å². The Morgan fingerprint density at radius 2 is 1.67 bits per heavy atom. The summed E-state index contributed by atoms with van der Waals surface area (Å²) in [6.45, 7) is 3.07. The topological polar surface area (TPSA) is 43.4 Å². The van der Waals surface area contributed by atoms with E-state index in [1.807, 2.05) is 43.3 Å². The lowest BCUT2D eigenvalue weighted by molar-refractivity contribution is -0.869. The van der Waals surface area contributed by atoms with Crippen LogP contribution in [0, 0.1) is 0 Å². The number of likely N-dealkylation sites (tertiary alicyclic amines) is 1.